The maximum Gasteiger partial charge on any atom is 0.269 e. The Bertz CT molecular complexity index is 1290. The molecule has 0 saturated carbocycles. The monoisotopic (exact) mass is 489 g/mol. The molecule has 1 aromatic heterocycles. The summed E-state index contributed by atoms with van der Waals surface area (Å²) in [6.45, 7) is 2.51. The Morgan fingerprint density at radius 2 is 1.74 bits per heavy atom. The number of carbonyl (C=O) groups excluding carboxylic acids is 1. The fourth-order valence-corrected chi connectivity index (χ4v) is 4.17. The van der Waals surface area contributed by atoms with Crippen LogP contribution >= 0.6 is 11.8 Å². The smallest absolute Gasteiger partial charge is 0.269 e. The van der Waals surface area contributed by atoms with Crippen LogP contribution in [0.3, 0.4) is 0 Å². The van der Waals surface area contributed by atoms with Crippen molar-refractivity contribution >= 4 is 29.0 Å². The van der Waals surface area contributed by atoms with E-state index < -0.39 is 4.92 Å². The van der Waals surface area contributed by atoms with Gasteiger partial charge >= 0.3 is 0 Å². The van der Waals surface area contributed by atoms with E-state index >= 15 is 0 Å². The molecule has 0 fully saturated rings. The summed E-state index contributed by atoms with van der Waals surface area (Å²) in [5, 5.41) is 22.9. The number of anilines is 1. The molecule has 0 radical (unpaired) electrons. The van der Waals surface area contributed by atoms with Crippen LogP contribution in [-0.4, -0.2) is 38.0 Å². The number of hydrogen-bond donors (Lipinski definition) is 1. The molecule has 178 valence electrons. The maximum atomic E-state index is 12.5. The van der Waals surface area contributed by atoms with Crippen LogP contribution in [0.25, 0.3) is 5.69 Å². The predicted molar refractivity (Wildman–Crippen MR) is 134 cm³/mol. The molecule has 0 unspecified atom stereocenters. The Morgan fingerprint density at radius 3 is 2.40 bits per heavy atom. The highest BCUT2D eigenvalue weighted by Gasteiger charge is 2.17. The highest BCUT2D eigenvalue weighted by Crippen LogP contribution is 2.25. The molecule has 1 N–H and O–H groups in total. The summed E-state index contributed by atoms with van der Waals surface area (Å²) < 4.78 is 7.49. The van der Waals surface area contributed by atoms with Crippen LogP contribution in [0.5, 0.6) is 5.75 Å². The van der Waals surface area contributed by atoms with Crippen LogP contribution in [0, 0.1) is 10.1 Å². The van der Waals surface area contributed by atoms with Crippen molar-refractivity contribution in [3.8, 4) is 11.4 Å². The number of nitro groups is 1. The van der Waals surface area contributed by atoms with Crippen LogP contribution in [0.1, 0.15) is 18.3 Å². The number of benzene rings is 3. The molecule has 1 heterocycles. The maximum absolute atomic E-state index is 12.5. The summed E-state index contributed by atoms with van der Waals surface area (Å²) in [6.07, 6.45) is 0.580. The average molecular weight is 490 g/mol. The zero-order chi connectivity index (χ0) is 24.6. The second-order valence-corrected chi connectivity index (χ2v) is 8.41. The normalized spacial score (nSPS) is 10.7. The lowest BCUT2D eigenvalue weighted by Crippen LogP contribution is -2.14. The second-order valence-electron chi connectivity index (χ2n) is 7.46. The number of nitro benzene ring substituents is 1. The van der Waals surface area contributed by atoms with Gasteiger partial charge in [0.1, 0.15) is 11.6 Å². The summed E-state index contributed by atoms with van der Waals surface area (Å²) >= 11 is 1.26. The first-order valence-corrected chi connectivity index (χ1v) is 11.9. The van der Waals surface area contributed by atoms with E-state index in [4.69, 9.17) is 4.74 Å². The average Bonchev–Trinajstić information content (AvgIpc) is 3.26. The summed E-state index contributed by atoms with van der Waals surface area (Å²) in [5.41, 5.74) is 2.41. The van der Waals surface area contributed by atoms with Gasteiger partial charge in [0.25, 0.3) is 5.69 Å². The van der Waals surface area contributed by atoms with Crippen molar-refractivity contribution in [2.45, 2.75) is 18.5 Å². The first-order chi connectivity index (χ1) is 17.0. The van der Waals surface area contributed by atoms with Crippen molar-refractivity contribution in [2.75, 3.05) is 17.7 Å². The van der Waals surface area contributed by atoms with Crippen LogP contribution < -0.4 is 10.1 Å². The van der Waals surface area contributed by atoms with E-state index in [9.17, 15) is 14.9 Å². The Balaban J connectivity index is 1.52. The van der Waals surface area contributed by atoms with Gasteiger partial charge in [0.05, 0.1) is 17.3 Å². The number of nitrogens with one attached hydrogen (secondary N) is 1. The minimum Gasteiger partial charge on any atom is -0.494 e. The van der Waals surface area contributed by atoms with Crippen LogP contribution in [-0.2, 0) is 11.2 Å². The number of ether oxygens (including phenoxy) is 1. The summed E-state index contributed by atoms with van der Waals surface area (Å²) in [7, 11) is 0. The molecule has 0 aliphatic carbocycles. The number of amides is 1. The number of nitrogens with zero attached hydrogens (tertiary/aromatic N) is 4. The second kappa shape index (κ2) is 11.3. The van der Waals surface area contributed by atoms with Gasteiger partial charge in [-0.05, 0) is 48.9 Å². The molecule has 0 spiro atoms. The third-order valence-electron chi connectivity index (χ3n) is 5.01. The Kier molecular flexibility index (Phi) is 7.74. The molecule has 4 aromatic rings. The Hall–Kier alpha value is -4.18. The number of thioether (sulfide) groups is 1. The first kappa shape index (κ1) is 24.0. The van der Waals surface area contributed by atoms with Gasteiger partial charge in [0, 0.05) is 29.9 Å². The molecule has 35 heavy (non-hydrogen) atoms. The van der Waals surface area contributed by atoms with Crippen molar-refractivity contribution in [2.24, 2.45) is 0 Å². The van der Waals surface area contributed by atoms with E-state index in [0.717, 1.165) is 22.8 Å². The lowest BCUT2D eigenvalue weighted by molar-refractivity contribution is -0.384. The highest BCUT2D eigenvalue weighted by atomic mass is 32.2. The van der Waals surface area contributed by atoms with Gasteiger partial charge in [-0.1, -0.05) is 42.1 Å². The highest BCUT2D eigenvalue weighted by molar-refractivity contribution is 7.99. The zero-order valence-electron chi connectivity index (χ0n) is 19.0. The van der Waals surface area contributed by atoms with E-state index in [2.05, 4.69) is 15.5 Å². The molecule has 9 nitrogen and oxygen atoms in total. The SMILES string of the molecule is CCOc1ccc(-n2c(Cc3ccccc3)nnc2SCC(=O)Nc2ccc([N+](=O)[O-])cc2)cc1. The van der Waals surface area contributed by atoms with Gasteiger partial charge < -0.3 is 10.1 Å². The molecule has 4 rings (SSSR count). The van der Waals surface area contributed by atoms with Gasteiger partial charge in [-0.2, -0.15) is 0 Å². The minimum absolute atomic E-state index is 0.0354. The van der Waals surface area contributed by atoms with Gasteiger partial charge in [0.2, 0.25) is 5.91 Å². The number of carbonyl (C=O) groups is 1. The minimum atomic E-state index is -0.484. The van der Waals surface area contributed by atoms with E-state index in [0.29, 0.717) is 23.9 Å². The lowest BCUT2D eigenvalue weighted by Gasteiger charge is -2.12. The molecular weight excluding hydrogens is 466 g/mol. The summed E-state index contributed by atoms with van der Waals surface area (Å²) in [5.74, 6) is 1.36. The van der Waals surface area contributed by atoms with Gasteiger partial charge in [0.15, 0.2) is 5.16 Å². The van der Waals surface area contributed by atoms with Crippen molar-refractivity contribution in [1.82, 2.24) is 14.8 Å². The van der Waals surface area contributed by atoms with Crippen LogP contribution in [0.4, 0.5) is 11.4 Å². The van der Waals surface area contributed by atoms with Crippen molar-refractivity contribution in [1.29, 1.82) is 0 Å². The number of rotatable bonds is 10. The topological polar surface area (TPSA) is 112 Å². The Morgan fingerprint density at radius 1 is 1.03 bits per heavy atom. The molecule has 0 atom stereocenters. The van der Waals surface area contributed by atoms with Gasteiger partial charge in [-0.15, -0.1) is 10.2 Å². The largest absolute Gasteiger partial charge is 0.494 e. The van der Waals surface area contributed by atoms with Crippen LogP contribution in [0.15, 0.2) is 84.0 Å². The van der Waals surface area contributed by atoms with Gasteiger partial charge in [-0.3, -0.25) is 19.5 Å². The first-order valence-electron chi connectivity index (χ1n) is 10.9. The quantitative estimate of drug-likeness (QED) is 0.192. The van der Waals surface area contributed by atoms with Crippen molar-refractivity contribution in [3.05, 3.63) is 100 Å². The number of non-ortho nitro benzene ring substituents is 1. The predicted octanol–water partition coefficient (Wildman–Crippen LogP) is 4.90. The van der Waals surface area contributed by atoms with E-state index in [1.165, 1.54) is 36.0 Å². The molecule has 1 amide bonds. The molecule has 0 aliphatic rings. The number of aromatic nitrogens is 3. The lowest BCUT2D eigenvalue weighted by atomic mass is 10.1. The van der Waals surface area contributed by atoms with Gasteiger partial charge in [-0.25, -0.2) is 0 Å². The third kappa shape index (κ3) is 6.24. The summed E-state index contributed by atoms with van der Waals surface area (Å²) in [4.78, 5) is 22.8. The molecule has 3 aromatic carbocycles. The van der Waals surface area contributed by atoms with E-state index in [1.807, 2.05) is 66.1 Å². The standard InChI is InChI=1S/C25H23N5O4S/c1-2-34-22-14-12-20(13-15-22)29-23(16-18-6-4-3-5-7-18)27-28-25(29)35-17-24(31)26-19-8-10-21(11-9-19)30(32)33/h3-15H,2,16-17H2,1H3,(H,26,31). The fraction of sp³-hybridized carbons (Fsp3) is 0.160. The molecular formula is C25H23N5O4S. The number of hydrogen-bond acceptors (Lipinski definition) is 7. The summed E-state index contributed by atoms with van der Waals surface area (Å²) in [6, 6.07) is 23.3. The van der Waals surface area contributed by atoms with Crippen molar-refractivity contribution in [3.63, 3.8) is 0 Å². The van der Waals surface area contributed by atoms with E-state index in [-0.39, 0.29) is 17.3 Å². The Labute approximate surface area is 206 Å². The molecule has 0 bridgehead atoms. The fourth-order valence-electron chi connectivity index (χ4n) is 3.40. The van der Waals surface area contributed by atoms with E-state index in [1.54, 1.807) is 0 Å². The molecule has 0 aliphatic heterocycles. The zero-order valence-corrected chi connectivity index (χ0v) is 19.8. The molecule has 10 heteroatoms. The third-order valence-corrected chi connectivity index (χ3v) is 5.93. The van der Waals surface area contributed by atoms with Crippen LogP contribution in [0.2, 0.25) is 0 Å². The van der Waals surface area contributed by atoms with Crippen molar-refractivity contribution < 1.29 is 14.5 Å². The molecule has 0 saturated heterocycles.